The van der Waals surface area contributed by atoms with Crippen molar-refractivity contribution in [2.75, 3.05) is 24.7 Å². The van der Waals surface area contributed by atoms with Crippen molar-refractivity contribution in [1.82, 2.24) is 9.29 Å². The average Bonchev–Trinajstić information content (AvgIpc) is 3.09. The minimum atomic E-state index is -3.85. The zero-order valence-electron chi connectivity index (χ0n) is 16.9. The van der Waals surface area contributed by atoms with E-state index in [2.05, 4.69) is 10.3 Å². The van der Waals surface area contributed by atoms with Crippen LogP contribution in [0.1, 0.15) is 24.2 Å². The summed E-state index contributed by atoms with van der Waals surface area (Å²) in [5, 5.41) is 2.91. The Balaban J connectivity index is 1.92. The van der Waals surface area contributed by atoms with Crippen molar-refractivity contribution in [2.24, 2.45) is 0 Å². The van der Waals surface area contributed by atoms with Crippen LogP contribution < -0.4 is 5.32 Å². The highest BCUT2D eigenvalue weighted by molar-refractivity contribution is 7.90. The van der Waals surface area contributed by atoms with Crippen molar-refractivity contribution >= 4 is 64.1 Å². The third-order valence-corrected chi connectivity index (χ3v) is 9.10. The van der Waals surface area contributed by atoms with Gasteiger partial charge in [0, 0.05) is 24.9 Å². The molecule has 0 saturated heterocycles. The number of benzene rings is 2. The average molecular weight is 502 g/mol. The molecule has 0 bridgehead atoms. The Morgan fingerprint density at radius 3 is 2.39 bits per heavy atom. The molecule has 12 heteroatoms. The van der Waals surface area contributed by atoms with Gasteiger partial charge in [-0.3, -0.25) is 10.1 Å². The molecule has 166 valence electrons. The van der Waals surface area contributed by atoms with Crippen molar-refractivity contribution in [3.63, 3.8) is 0 Å². The summed E-state index contributed by atoms with van der Waals surface area (Å²) in [5.41, 5.74) is 0.639. The Bertz CT molecular complexity index is 1360. The Labute approximate surface area is 189 Å². The van der Waals surface area contributed by atoms with E-state index in [-0.39, 0.29) is 38.6 Å². The summed E-state index contributed by atoms with van der Waals surface area (Å²) in [5.74, 6) is -0.560. The van der Waals surface area contributed by atoms with Crippen LogP contribution in [0.25, 0.3) is 10.2 Å². The predicted octanol–water partition coefficient (Wildman–Crippen LogP) is 3.64. The summed E-state index contributed by atoms with van der Waals surface area (Å²) >= 11 is 7.23. The molecule has 2 aromatic carbocycles. The highest BCUT2D eigenvalue weighted by Crippen LogP contribution is 2.30. The monoisotopic (exact) mass is 501 g/mol. The molecular formula is C19H20ClN3O5S3. The van der Waals surface area contributed by atoms with Gasteiger partial charge in [-0.25, -0.2) is 21.8 Å². The number of rotatable bonds is 7. The number of carbonyl (C=O) groups is 1. The smallest absolute Gasteiger partial charge is 0.257 e. The molecule has 1 heterocycles. The number of hydrogen-bond acceptors (Lipinski definition) is 7. The number of carbonyl (C=O) groups excluding carboxylic acids is 1. The first-order valence-electron chi connectivity index (χ1n) is 9.19. The lowest BCUT2D eigenvalue weighted by molar-refractivity contribution is 0.102. The van der Waals surface area contributed by atoms with Gasteiger partial charge in [-0.05, 0) is 36.4 Å². The first-order chi connectivity index (χ1) is 14.5. The number of hydrogen-bond donors (Lipinski definition) is 1. The second-order valence-corrected chi connectivity index (χ2v) is 12.0. The maximum Gasteiger partial charge on any atom is 0.257 e. The topological polar surface area (TPSA) is 114 Å². The summed E-state index contributed by atoms with van der Waals surface area (Å²) in [6, 6.07) is 8.54. The minimum Gasteiger partial charge on any atom is -0.298 e. The van der Waals surface area contributed by atoms with E-state index in [0.29, 0.717) is 10.2 Å². The lowest BCUT2D eigenvalue weighted by atomic mass is 10.2. The van der Waals surface area contributed by atoms with Gasteiger partial charge in [-0.2, -0.15) is 4.31 Å². The summed E-state index contributed by atoms with van der Waals surface area (Å²) < 4.78 is 51.0. The van der Waals surface area contributed by atoms with Crippen molar-refractivity contribution in [3.05, 3.63) is 47.0 Å². The number of anilines is 1. The Morgan fingerprint density at radius 1 is 1.10 bits per heavy atom. The van der Waals surface area contributed by atoms with Crippen LogP contribution in [0.2, 0.25) is 5.02 Å². The van der Waals surface area contributed by atoms with Gasteiger partial charge >= 0.3 is 0 Å². The number of amides is 1. The number of thiazole rings is 1. The van der Waals surface area contributed by atoms with Crippen molar-refractivity contribution in [3.8, 4) is 0 Å². The molecule has 31 heavy (non-hydrogen) atoms. The third-order valence-electron chi connectivity index (χ3n) is 4.53. The Kier molecular flexibility index (Phi) is 6.72. The van der Waals surface area contributed by atoms with E-state index in [0.717, 1.165) is 17.6 Å². The van der Waals surface area contributed by atoms with Crippen molar-refractivity contribution in [2.45, 2.75) is 23.6 Å². The molecule has 0 atom stereocenters. The SMILES string of the molecule is CCN(CC)S(=O)(=O)c1cc(C(=O)Nc2nc3ccc(S(C)(=O)=O)cc3s2)ccc1Cl. The molecule has 1 amide bonds. The number of nitrogens with zero attached hydrogens (tertiary/aromatic N) is 2. The van der Waals surface area contributed by atoms with Crippen LogP contribution >= 0.6 is 22.9 Å². The molecule has 0 aliphatic heterocycles. The van der Waals surface area contributed by atoms with E-state index in [9.17, 15) is 21.6 Å². The fourth-order valence-corrected chi connectivity index (χ4v) is 6.48. The number of sulfone groups is 1. The van der Waals surface area contributed by atoms with Crippen LogP contribution in [-0.4, -0.2) is 51.4 Å². The Hall–Kier alpha value is -2.05. The third kappa shape index (κ3) is 4.90. The molecule has 0 spiro atoms. The minimum absolute atomic E-state index is 0.0248. The van der Waals surface area contributed by atoms with Crippen LogP contribution in [0, 0.1) is 0 Å². The zero-order chi connectivity index (χ0) is 23.0. The highest BCUT2D eigenvalue weighted by atomic mass is 35.5. The lowest BCUT2D eigenvalue weighted by Crippen LogP contribution is -2.31. The molecule has 1 N–H and O–H groups in total. The van der Waals surface area contributed by atoms with E-state index >= 15 is 0 Å². The quantitative estimate of drug-likeness (QED) is 0.528. The molecule has 0 aliphatic carbocycles. The molecule has 1 aromatic heterocycles. The fraction of sp³-hybridized carbons (Fsp3) is 0.263. The maximum atomic E-state index is 12.8. The summed E-state index contributed by atoms with van der Waals surface area (Å²) in [6.07, 6.45) is 1.11. The van der Waals surface area contributed by atoms with Crippen molar-refractivity contribution < 1.29 is 21.6 Å². The van der Waals surface area contributed by atoms with E-state index in [1.807, 2.05) is 0 Å². The summed E-state index contributed by atoms with van der Waals surface area (Å²) in [7, 11) is -7.22. The molecule has 8 nitrogen and oxygen atoms in total. The van der Waals surface area contributed by atoms with Crippen LogP contribution in [0.4, 0.5) is 5.13 Å². The first kappa shape index (κ1) is 23.6. The van der Waals surface area contributed by atoms with Crippen LogP contribution in [0.3, 0.4) is 0 Å². The molecule has 3 aromatic rings. The van der Waals surface area contributed by atoms with Gasteiger partial charge in [0.1, 0.15) is 4.90 Å². The van der Waals surface area contributed by atoms with Gasteiger partial charge in [0.2, 0.25) is 10.0 Å². The standard InChI is InChI=1S/C19H20ClN3O5S3/c1-4-23(5-2)31(27,28)17-10-12(6-8-14(17)20)18(24)22-19-21-15-9-7-13(30(3,25)26)11-16(15)29-19/h6-11H,4-5H2,1-3H3,(H,21,22,24). The molecular weight excluding hydrogens is 482 g/mol. The molecule has 3 rings (SSSR count). The fourth-order valence-electron chi connectivity index (χ4n) is 2.90. The summed E-state index contributed by atoms with van der Waals surface area (Å²) in [4.78, 5) is 17.0. The van der Waals surface area contributed by atoms with Gasteiger partial charge < -0.3 is 0 Å². The lowest BCUT2D eigenvalue weighted by Gasteiger charge is -2.19. The number of sulfonamides is 1. The normalized spacial score (nSPS) is 12.4. The highest BCUT2D eigenvalue weighted by Gasteiger charge is 2.25. The van der Waals surface area contributed by atoms with Crippen LogP contribution in [0.5, 0.6) is 0 Å². The van der Waals surface area contributed by atoms with E-state index in [1.54, 1.807) is 19.9 Å². The number of halogens is 1. The molecule has 0 aliphatic rings. The van der Waals surface area contributed by atoms with Gasteiger partial charge in [0.25, 0.3) is 5.91 Å². The van der Waals surface area contributed by atoms with E-state index in [1.165, 1.54) is 34.6 Å². The second kappa shape index (κ2) is 8.83. The van der Waals surface area contributed by atoms with Gasteiger partial charge in [0.15, 0.2) is 15.0 Å². The van der Waals surface area contributed by atoms with E-state index < -0.39 is 25.8 Å². The van der Waals surface area contributed by atoms with Gasteiger partial charge in [-0.15, -0.1) is 0 Å². The second-order valence-electron chi connectivity index (χ2n) is 6.61. The largest absolute Gasteiger partial charge is 0.298 e. The van der Waals surface area contributed by atoms with Crippen LogP contribution in [0.15, 0.2) is 46.2 Å². The van der Waals surface area contributed by atoms with Gasteiger partial charge in [-0.1, -0.05) is 36.8 Å². The molecule has 0 unspecified atom stereocenters. The summed E-state index contributed by atoms with van der Waals surface area (Å²) in [6.45, 7) is 3.97. The van der Waals surface area contributed by atoms with Crippen molar-refractivity contribution in [1.29, 1.82) is 0 Å². The maximum absolute atomic E-state index is 12.8. The zero-order valence-corrected chi connectivity index (χ0v) is 20.1. The van der Waals surface area contributed by atoms with Crippen LogP contribution in [-0.2, 0) is 19.9 Å². The first-order valence-corrected chi connectivity index (χ1v) is 13.7. The van der Waals surface area contributed by atoms with E-state index in [4.69, 9.17) is 11.6 Å². The van der Waals surface area contributed by atoms with Gasteiger partial charge in [0.05, 0.1) is 20.1 Å². The molecule has 0 radical (unpaired) electrons. The molecule has 0 fully saturated rings. The number of nitrogens with one attached hydrogen (secondary N) is 1. The Morgan fingerprint density at radius 2 is 1.77 bits per heavy atom. The molecule has 0 saturated carbocycles. The predicted molar refractivity (Wildman–Crippen MR) is 122 cm³/mol. The number of aromatic nitrogens is 1. The number of fused-ring (bicyclic) bond motifs is 1.